The van der Waals surface area contributed by atoms with E-state index in [1.54, 1.807) is 0 Å². The van der Waals surface area contributed by atoms with Gasteiger partial charge in [0, 0.05) is 5.41 Å². The zero-order valence-corrected chi connectivity index (χ0v) is 9.89. The van der Waals surface area contributed by atoms with Gasteiger partial charge in [-0.25, -0.2) is 0 Å². The van der Waals surface area contributed by atoms with Gasteiger partial charge in [0.1, 0.15) is 0 Å². The molecule has 0 unspecified atom stereocenters. The van der Waals surface area contributed by atoms with E-state index in [2.05, 4.69) is 12.2 Å². The van der Waals surface area contributed by atoms with Crippen molar-refractivity contribution in [2.24, 2.45) is 11.1 Å². The molecular weight excluding hydrogens is 176 g/mol. The van der Waals surface area contributed by atoms with Gasteiger partial charge in [0.15, 0.2) is 5.78 Å². The second-order valence-electron chi connectivity index (χ2n) is 4.72. The molecule has 1 atom stereocenters. The number of nitrogens with two attached hydrogens (primary N) is 1. The first-order valence-electron chi connectivity index (χ1n) is 5.40. The maximum Gasteiger partial charge on any atom is 0.154 e. The van der Waals surface area contributed by atoms with E-state index in [-0.39, 0.29) is 17.2 Å². The smallest absolute Gasteiger partial charge is 0.154 e. The number of hydrogen-bond acceptors (Lipinski definition) is 3. The van der Waals surface area contributed by atoms with Crippen molar-refractivity contribution >= 4 is 5.78 Å². The zero-order chi connectivity index (χ0) is 11.2. The molecule has 0 fully saturated rings. The van der Waals surface area contributed by atoms with Crippen LogP contribution < -0.4 is 11.1 Å². The van der Waals surface area contributed by atoms with Crippen LogP contribution in [-0.2, 0) is 4.79 Å². The molecule has 0 aliphatic heterocycles. The summed E-state index contributed by atoms with van der Waals surface area (Å²) in [4.78, 5) is 11.7. The first-order chi connectivity index (χ1) is 6.39. The van der Waals surface area contributed by atoms with E-state index in [9.17, 15) is 4.79 Å². The number of hydrogen-bond donors (Lipinski definition) is 2. The van der Waals surface area contributed by atoms with Crippen molar-refractivity contribution in [2.45, 2.75) is 46.6 Å². The largest absolute Gasteiger partial charge is 0.321 e. The van der Waals surface area contributed by atoms with Gasteiger partial charge >= 0.3 is 0 Å². The fraction of sp³-hybridized carbons (Fsp3) is 0.909. The molecule has 0 aromatic carbocycles. The van der Waals surface area contributed by atoms with E-state index >= 15 is 0 Å². The molecule has 84 valence electrons. The normalized spacial score (nSPS) is 14.1. The number of ketones is 1. The second-order valence-corrected chi connectivity index (χ2v) is 4.72. The Morgan fingerprint density at radius 3 is 2.43 bits per heavy atom. The third kappa shape index (κ3) is 5.35. The minimum atomic E-state index is -0.308. The third-order valence-corrected chi connectivity index (χ3v) is 2.19. The lowest BCUT2D eigenvalue weighted by atomic mass is 9.85. The van der Waals surface area contributed by atoms with Gasteiger partial charge in [0.25, 0.3) is 0 Å². The van der Waals surface area contributed by atoms with Gasteiger partial charge in [-0.1, -0.05) is 27.7 Å². The first kappa shape index (κ1) is 13.6. The lowest BCUT2D eigenvalue weighted by Gasteiger charge is -2.21. The van der Waals surface area contributed by atoms with E-state index < -0.39 is 0 Å². The van der Waals surface area contributed by atoms with Gasteiger partial charge in [0.2, 0.25) is 0 Å². The fourth-order valence-electron chi connectivity index (χ4n) is 1.31. The Bertz CT molecular complexity index is 173. The Morgan fingerprint density at radius 1 is 1.43 bits per heavy atom. The highest BCUT2D eigenvalue weighted by molar-refractivity contribution is 5.88. The van der Waals surface area contributed by atoms with Crippen molar-refractivity contribution in [1.29, 1.82) is 0 Å². The highest BCUT2D eigenvalue weighted by atomic mass is 16.1. The Hall–Kier alpha value is -0.410. The van der Waals surface area contributed by atoms with Crippen LogP contribution in [0.3, 0.4) is 0 Å². The summed E-state index contributed by atoms with van der Waals surface area (Å²) in [7, 11) is 0. The molecule has 0 spiro atoms. The van der Waals surface area contributed by atoms with Crippen molar-refractivity contribution in [1.82, 2.24) is 5.32 Å². The van der Waals surface area contributed by atoms with Gasteiger partial charge in [-0.05, 0) is 25.9 Å². The molecule has 0 aromatic rings. The van der Waals surface area contributed by atoms with Crippen molar-refractivity contribution in [2.75, 3.05) is 13.1 Å². The van der Waals surface area contributed by atoms with Crippen molar-refractivity contribution in [3.8, 4) is 0 Å². The molecule has 0 heterocycles. The molecule has 0 aliphatic carbocycles. The summed E-state index contributed by atoms with van der Waals surface area (Å²) in [5.74, 6) is 0.161. The Morgan fingerprint density at radius 2 is 2.00 bits per heavy atom. The standard InChI is InChI=1S/C11H24N2O/c1-5-13-8-6-7-9(12)10(14)11(2,3)4/h9,13H,5-8,12H2,1-4H3/t9-/m1/s1. The highest BCUT2D eigenvalue weighted by Crippen LogP contribution is 2.17. The van der Waals surface area contributed by atoms with Crippen molar-refractivity contribution in [3.63, 3.8) is 0 Å². The van der Waals surface area contributed by atoms with Crippen molar-refractivity contribution < 1.29 is 4.79 Å². The SMILES string of the molecule is CCNCCC[C@@H](N)C(=O)C(C)(C)C. The van der Waals surface area contributed by atoms with Gasteiger partial charge < -0.3 is 11.1 Å². The molecule has 0 aliphatic rings. The molecule has 3 nitrogen and oxygen atoms in total. The average Bonchev–Trinajstić information content (AvgIpc) is 2.09. The van der Waals surface area contributed by atoms with Crippen molar-refractivity contribution in [3.05, 3.63) is 0 Å². The molecule has 0 saturated heterocycles. The molecule has 3 heteroatoms. The average molecular weight is 200 g/mol. The third-order valence-electron chi connectivity index (χ3n) is 2.19. The number of carbonyl (C=O) groups is 1. The van der Waals surface area contributed by atoms with Crippen LogP contribution in [0.15, 0.2) is 0 Å². The van der Waals surface area contributed by atoms with Crippen LogP contribution in [0, 0.1) is 5.41 Å². The van der Waals surface area contributed by atoms with Crippen LogP contribution in [0.25, 0.3) is 0 Å². The second kappa shape index (κ2) is 6.14. The van der Waals surface area contributed by atoms with Gasteiger partial charge in [-0.3, -0.25) is 4.79 Å². The molecule has 0 aromatic heterocycles. The van der Waals surface area contributed by atoms with E-state index in [0.717, 1.165) is 25.9 Å². The molecule has 0 amide bonds. The van der Waals surface area contributed by atoms with Gasteiger partial charge in [-0.2, -0.15) is 0 Å². The van der Waals surface area contributed by atoms with E-state index in [1.807, 2.05) is 20.8 Å². The number of nitrogens with one attached hydrogen (secondary N) is 1. The van der Waals surface area contributed by atoms with Crippen LogP contribution in [-0.4, -0.2) is 24.9 Å². The molecule has 0 rings (SSSR count). The lowest BCUT2D eigenvalue weighted by Crippen LogP contribution is -2.39. The molecule has 0 saturated carbocycles. The number of carbonyl (C=O) groups excluding carboxylic acids is 1. The molecule has 3 N–H and O–H groups in total. The quantitative estimate of drug-likeness (QED) is 0.636. The predicted molar refractivity (Wildman–Crippen MR) is 60.2 cm³/mol. The summed E-state index contributed by atoms with van der Waals surface area (Å²) >= 11 is 0. The van der Waals surface area contributed by atoms with Crippen LogP contribution in [0.5, 0.6) is 0 Å². The summed E-state index contributed by atoms with van der Waals surface area (Å²) in [6, 6.07) is -0.298. The van der Waals surface area contributed by atoms with Crippen LogP contribution in [0.2, 0.25) is 0 Å². The van der Waals surface area contributed by atoms with E-state index in [4.69, 9.17) is 5.73 Å². The molecular formula is C11H24N2O. The number of Topliss-reactive ketones (excluding diaryl/α,β-unsaturated/α-hetero) is 1. The Balaban J connectivity index is 3.74. The van der Waals surface area contributed by atoms with E-state index in [0.29, 0.717) is 0 Å². The predicted octanol–water partition coefficient (Wildman–Crippen LogP) is 1.32. The molecule has 0 bridgehead atoms. The van der Waals surface area contributed by atoms with Gasteiger partial charge in [0.05, 0.1) is 6.04 Å². The summed E-state index contributed by atoms with van der Waals surface area (Å²) in [6.07, 6.45) is 1.75. The molecule has 0 radical (unpaired) electrons. The first-order valence-corrected chi connectivity index (χ1v) is 5.40. The maximum atomic E-state index is 11.7. The summed E-state index contributed by atoms with van der Waals surface area (Å²) in [6.45, 7) is 9.74. The van der Waals surface area contributed by atoms with Crippen LogP contribution >= 0.6 is 0 Å². The monoisotopic (exact) mass is 200 g/mol. The maximum absolute atomic E-state index is 11.7. The van der Waals surface area contributed by atoms with Crippen LogP contribution in [0.4, 0.5) is 0 Å². The lowest BCUT2D eigenvalue weighted by molar-refractivity contribution is -0.127. The minimum Gasteiger partial charge on any atom is -0.321 e. The summed E-state index contributed by atoms with van der Waals surface area (Å²) < 4.78 is 0. The highest BCUT2D eigenvalue weighted by Gasteiger charge is 2.26. The summed E-state index contributed by atoms with van der Waals surface area (Å²) in [5, 5.41) is 3.21. The van der Waals surface area contributed by atoms with E-state index in [1.165, 1.54) is 0 Å². The number of rotatable bonds is 6. The summed E-state index contributed by atoms with van der Waals surface area (Å²) in [5.41, 5.74) is 5.50. The minimum absolute atomic E-state index is 0.161. The van der Waals surface area contributed by atoms with Gasteiger partial charge in [-0.15, -0.1) is 0 Å². The van der Waals surface area contributed by atoms with Crippen LogP contribution in [0.1, 0.15) is 40.5 Å². The zero-order valence-electron chi connectivity index (χ0n) is 9.89. The topological polar surface area (TPSA) is 55.1 Å². The Labute approximate surface area is 87.4 Å². The Kier molecular flexibility index (Phi) is 5.96. The molecule has 14 heavy (non-hydrogen) atoms. The fourth-order valence-corrected chi connectivity index (χ4v) is 1.31.